The number of nitrogens with one attached hydrogen (secondary N) is 2. The number of sulfonamides is 1. The van der Waals surface area contributed by atoms with Gasteiger partial charge in [0.2, 0.25) is 10.0 Å². The molecule has 1 saturated carbocycles. The molecule has 5 nitrogen and oxygen atoms in total. The number of hydrogen-bond donors (Lipinski definition) is 2. The number of rotatable bonds is 10. The summed E-state index contributed by atoms with van der Waals surface area (Å²) < 4.78 is 32.2. The molecule has 1 aromatic rings. The summed E-state index contributed by atoms with van der Waals surface area (Å²) in [6.07, 6.45) is 3.24. The van der Waals surface area contributed by atoms with E-state index in [1.807, 2.05) is 6.92 Å². The highest BCUT2D eigenvalue weighted by Crippen LogP contribution is 2.28. The Morgan fingerprint density at radius 1 is 1.24 bits per heavy atom. The smallest absolute Gasteiger partial charge is 0.240 e. The first kappa shape index (κ1) is 16.3. The van der Waals surface area contributed by atoms with Gasteiger partial charge in [0, 0.05) is 32.0 Å². The third-order valence-electron chi connectivity index (χ3n) is 3.35. The summed E-state index contributed by atoms with van der Waals surface area (Å²) in [6.45, 7) is 4.64. The third-order valence-corrected chi connectivity index (χ3v) is 4.83. The molecule has 2 N–H and O–H groups in total. The second-order valence-electron chi connectivity index (χ2n) is 5.32. The molecular weight excluding hydrogens is 288 g/mol. The lowest BCUT2D eigenvalue weighted by atomic mass is 10.3. The van der Waals surface area contributed by atoms with Crippen LogP contribution >= 0.6 is 0 Å². The van der Waals surface area contributed by atoms with Crippen LogP contribution < -0.4 is 10.0 Å². The van der Waals surface area contributed by atoms with Gasteiger partial charge in [-0.2, -0.15) is 0 Å². The molecule has 6 heteroatoms. The molecule has 118 valence electrons. The summed E-state index contributed by atoms with van der Waals surface area (Å²) in [5.41, 5.74) is 0.921. The van der Waals surface area contributed by atoms with Crippen molar-refractivity contribution in [2.24, 2.45) is 5.92 Å². The molecule has 0 unspecified atom stereocenters. The lowest BCUT2D eigenvalue weighted by molar-refractivity contribution is 0.123. The van der Waals surface area contributed by atoms with Crippen molar-refractivity contribution >= 4 is 15.7 Å². The van der Waals surface area contributed by atoms with Crippen LogP contribution in [-0.4, -0.2) is 34.7 Å². The van der Waals surface area contributed by atoms with Crippen LogP contribution in [0.4, 0.5) is 5.69 Å². The van der Waals surface area contributed by atoms with Crippen molar-refractivity contribution in [2.45, 2.75) is 31.1 Å². The predicted octanol–water partition coefficient (Wildman–Crippen LogP) is 2.21. The van der Waals surface area contributed by atoms with Gasteiger partial charge in [-0.15, -0.1) is 0 Å². The van der Waals surface area contributed by atoms with E-state index in [4.69, 9.17) is 4.74 Å². The van der Waals surface area contributed by atoms with Crippen LogP contribution in [0.2, 0.25) is 0 Å². The summed E-state index contributed by atoms with van der Waals surface area (Å²) in [5.74, 6) is 0.747. The molecular formula is C15H24N2O3S. The zero-order valence-electron chi connectivity index (χ0n) is 12.5. The largest absolute Gasteiger partial charge is 0.385 e. The van der Waals surface area contributed by atoms with Crippen molar-refractivity contribution < 1.29 is 13.2 Å². The van der Waals surface area contributed by atoms with E-state index in [9.17, 15) is 8.42 Å². The van der Waals surface area contributed by atoms with E-state index in [1.165, 1.54) is 12.8 Å². The normalized spacial score (nSPS) is 15.1. The van der Waals surface area contributed by atoms with Gasteiger partial charge in [-0.25, -0.2) is 13.1 Å². The Morgan fingerprint density at radius 2 is 1.95 bits per heavy atom. The zero-order valence-corrected chi connectivity index (χ0v) is 13.3. The molecule has 0 spiro atoms. The molecule has 0 aliphatic heterocycles. The Balaban J connectivity index is 1.72. The second-order valence-corrected chi connectivity index (χ2v) is 7.09. The van der Waals surface area contributed by atoms with Gasteiger partial charge < -0.3 is 10.1 Å². The highest BCUT2D eigenvalue weighted by atomic mass is 32.2. The van der Waals surface area contributed by atoms with Crippen molar-refractivity contribution in [3.05, 3.63) is 24.3 Å². The predicted molar refractivity (Wildman–Crippen MR) is 84.0 cm³/mol. The molecule has 2 rings (SSSR count). The minimum Gasteiger partial charge on any atom is -0.385 e. The fourth-order valence-corrected chi connectivity index (χ4v) is 3.03. The van der Waals surface area contributed by atoms with Crippen LogP contribution in [0.3, 0.4) is 0 Å². The molecule has 1 aliphatic carbocycles. The van der Waals surface area contributed by atoms with Crippen molar-refractivity contribution in [3.8, 4) is 0 Å². The van der Waals surface area contributed by atoms with Crippen LogP contribution in [0, 0.1) is 5.92 Å². The summed E-state index contributed by atoms with van der Waals surface area (Å²) >= 11 is 0. The molecule has 0 bridgehead atoms. The molecule has 0 atom stereocenters. The van der Waals surface area contributed by atoms with Crippen LogP contribution in [0.25, 0.3) is 0 Å². The molecule has 0 heterocycles. The lowest BCUT2D eigenvalue weighted by Gasteiger charge is -2.08. The van der Waals surface area contributed by atoms with Crippen LogP contribution in [-0.2, 0) is 14.8 Å². The van der Waals surface area contributed by atoms with Gasteiger partial charge in [-0.3, -0.25) is 0 Å². The van der Waals surface area contributed by atoms with E-state index in [1.54, 1.807) is 24.3 Å². The van der Waals surface area contributed by atoms with E-state index >= 15 is 0 Å². The van der Waals surface area contributed by atoms with Gasteiger partial charge in [-0.05, 0) is 56.4 Å². The summed E-state index contributed by atoms with van der Waals surface area (Å²) in [5, 5.41) is 3.13. The number of hydrogen-bond acceptors (Lipinski definition) is 4. The molecule has 1 fully saturated rings. The quantitative estimate of drug-likeness (QED) is 0.650. The van der Waals surface area contributed by atoms with Crippen molar-refractivity contribution in [1.29, 1.82) is 0 Å². The topological polar surface area (TPSA) is 67.4 Å². The van der Waals surface area contributed by atoms with Gasteiger partial charge in [-0.1, -0.05) is 0 Å². The first-order valence-electron chi connectivity index (χ1n) is 7.53. The van der Waals surface area contributed by atoms with Gasteiger partial charge in [0.1, 0.15) is 0 Å². The van der Waals surface area contributed by atoms with Crippen LogP contribution in [0.1, 0.15) is 26.2 Å². The van der Waals surface area contributed by atoms with Gasteiger partial charge in [0.05, 0.1) is 4.90 Å². The van der Waals surface area contributed by atoms with Crippen molar-refractivity contribution in [3.63, 3.8) is 0 Å². The highest BCUT2D eigenvalue weighted by Gasteiger charge is 2.20. The molecule has 1 aliphatic rings. The highest BCUT2D eigenvalue weighted by molar-refractivity contribution is 7.89. The molecule has 21 heavy (non-hydrogen) atoms. The second kappa shape index (κ2) is 7.77. The van der Waals surface area contributed by atoms with E-state index in [0.717, 1.165) is 24.8 Å². The van der Waals surface area contributed by atoms with E-state index in [-0.39, 0.29) is 0 Å². The van der Waals surface area contributed by atoms with Gasteiger partial charge in [0.15, 0.2) is 0 Å². The number of benzene rings is 1. The fraction of sp³-hybridized carbons (Fsp3) is 0.600. The van der Waals surface area contributed by atoms with E-state index in [0.29, 0.717) is 24.5 Å². The van der Waals surface area contributed by atoms with E-state index in [2.05, 4.69) is 10.0 Å². The van der Waals surface area contributed by atoms with Crippen molar-refractivity contribution in [1.82, 2.24) is 4.72 Å². The lowest BCUT2D eigenvalue weighted by Crippen LogP contribution is -2.25. The van der Waals surface area contributed by atoms with Crippen LogP contribution in [0.15, 0.2) is 29.2 Å². The summed E-state index contributed by atoms with van der Waals surface area (Å²) in [6, 6.07) is 6.78. The molecule has 0 saturated heterocycles. The van der Waals surface area contributed by atoms with Crippen molar-refractivity contribution in [2.75, 3.05) is 31.6 Å². The molecule has 0 amide bonds. The fourth-order valence-electron chi connectivity index (χ4n) is 1.95. The Bertz CT molecular complexity index is 524. The minimum atomic E-state index is -3.42. The first-order chi connectivity index (χ1) is 10.1. The average molecular weight is 312 g/mol. The molecule has 1 aromatic carbocycles. The molecule has 0 radical (unpaired) electrons. The maximum atomic E-state index is 12.1. The van der Waals surface area contributed by atoms with Crippen LogP contribution in [0.5, 0.6) is 0 Å². The maximum absolute atomic E-state index is 12.1. The molecule has 0 aromatic heterocycles. The standard InChI is InChI=1S/C15H24N2O3S/c1-2-16-14-6-8-15(9-7-14)21(18,19)17-10-3-11-20-12-13-4-5-13/h6-9,13,16-17H,2-5,10-12H2,1H3. The van der Waals surface area contributed by atoms with E-state index < -0.39 is 10.0 Å². The maximum Gasteiger partial charge on any atom is 0.240 e. The first-order valence-corrected chi connectivity index (χ1v) is 9.01. The number of anilines is 1. The summed E-state index contributed by atoms with van der Waals surface area (Å²) in [4.78, 5) is 0.294. The summed E-state index contributed by atoms with van der Waals surface area (Å²) in [7, 11) is -3.42. The Labute approximate surface area is 127 Å². The third kappa shape index (κ3) is 5.65. The average Bonchev–Trinajstić information content (AvgIpc) is 3.28. The zero-order chi connectivity index (χ0) is 15.1. The Morgan fingerprint density at radius 3 is 2.57 bits per heavy atom. The Hall–Kier alpha value is -1.11. The van der Waals surface area contributed by atoms with Gasteiger partial charge in [0.25, 0.3) is 0 Å². The van der Waals surface area contributed by atoms with Gasteiger partial charge >= 0.3 is 0 Å². The number of ether oxygens (including phenoxy) is 1. The minimum absolute atomic E-state index is 0.294. The monoisotopic (exact) mass is 312 g/mol. The SMILES string of the molecule is CCNc1ccc(S(=O)(=O)NCCCOCC2CC2)cc1. The Kier molecular flexibility index (Phi) is 6.02.